The molecule has 1 rings (SSSR count). The number of aliphatic carboxylic acids is 1. The molecule has 0 fully saturated rings. The van der Waals surface area contributed by atoms with E-state index >= 15 is 0 Å². The molecule has 6 heteroatoms. The Balaban J connectivity index is 2.38. The fourth-order valence-corrected chi connectivity index (χ4v) is 2.22. The van der Waals surface area contributed by atoms with Crippen LogP contribution < -0.4 is 5.32 Å². The SMILES string of the molecule is CC(C)[C@H](NCCCCc1cccc(C(F)(F)F)c1)C(=O)O. The number of nitrogens with one attached hydrogen (secondary N) is 1. The molecule has 0 aliphatic carbocycles. The first-order valence-electron chi connectivity index (χ1n) is 7.34. The number of hydrogen-bond acceptors (Lipinski definition) is 2. The lowest BCUT2D eigenvalue weighted by Gasteiger charge is -2.17. The zero-order chi connectivity index (χ0) is 16.8. The Morgan fingerprint density at radius 3 is 2.50 bits per heavy atom. The van der Waals surface area contributed by atoms with Gasteiger partial charge in [-0.2, -0.15) is 13.2 Å². The largest absolute Gasteiger partial charge is 0.480 e. The number of aryl methyl sites for hydroxylation is 1. The van der Waals surface area contributed by atoms with E-state index in [-0.39, 0.29) is 5.92 Å². The molecule has 3 nitrogen and oxygen atoms in total. The summed E-state index contributed by atoms with van der Waals surface area (Å²) in [5.41, 5.74) is 0.0161. The molecule has 2 N–H and O–H groups in total. The molecular formula is C16H22F3NO2. The molecule has 0 spiro atoms. The van der Waals surface area contributed by atoms with Crippen LogP contribution in [0.3, 0.4) is 0 Å². The number of unbranched alkanes of at least 4 members (excludes halogenated alkanes) is 1. The van der Waals surface area contributed by atoms with Crippen LogP contribution in [0.25, 0.3) is 0 Å². The lowest BCUT2D eigenvalue weighted by Crippen LogP contribution is -2.41. The first kappa shape index (κ1) is 18.5. The predicted octanol–water partition coefficient (Wildman–Crippen LogP) is 3.73. The minimum absolute atomic E-state index is 0.0130. The number of rotatable bonds is 8. The van der Waals surface area contributed by atoms with Crippen LogP contribution in [0, 0.1) is 5.92 Å². The topological polar surface area (TPSA) is 49.3 Å². The fourth-order valence-electron chi connectivity index (χ4n) is 2.22. The Kier molecular flexibility index (Phi) is 6.87. The average molecular weight is 317 g/mol. The van der Waals surface area contributed by atoms with Crippen molar-refractivity contribution < 1.29 is 23.1 Å². The molecule has 1 atom stereocenters. The molecule has 0 aliphatic heterocycles. The van der Waals surface area contributed by atoms with Gasteiger partial charge in [0.2, 0.25) is 0 Å². The molecule has 124 valence electrons. The summed E-state index contributed by atoms with van der Waals surface area (Å²) in [4.78, 5) is 11.0. The summed E-state index contributed by atoms with van der Waals surface area (Å²) >= 11 is 0. The maximum absolute atomic E-state index is 12.6. The van der Waals surface area contributed by atoms with E-state index in [1.165, 1.54) is 12.1 Å². The van der Waals surface area contributed by atoms with Crippen LogP contribution in [0.5, 0.6) is 0 Å². The smallest absolute Gasteiger partial charge is 0.416 e. The number of carboxylic acid groups (broad SMARTS) is 1. The number of carbonyl (C=O) groups is 1. The third-order valence-electron chi connectivity index (χ3n) is 3.44. The van der Waals surface area contributed by atoms with E-state index in [2.05, 4.69) is 5.32 Å². The minimum Gasteiger partial charge on any atom is -0.480 e. The monoisotopic (exact) mass is 317 g/mol. The van der Waals surface area contributed by atoms with Crippen molar-refractivity contribution >= 4 is 5.97 Å². The minimum atomic E-state index is -4.32. The number of alkyl halides is 3. The van der Waals surface area contributed by atoms with E-state index in [0.717, 1.165) is 6.07 Å². The lowest BCUT2D eigenvalue weighted by molar-refractivity contribution is -0.140. The van der Waals surface area contributed by atoms with E-state index < -0.39 is 23.8 Å². The summed E-state index contributed by atoms with van der Waals surface area (Å²) in [7, 11) is 0. The van der Waals surface area contributed by atoms with Gasteiger partial charge in [0.05, 0.1) is 5.56 Å². The van der Waals surface area contributed by atoms with Crippen molar-refractivity contribution in [2.75, 3.05) is 6.54 Å². The van der Waals surface area contributed by atoms with Crippen molar-refractivity contribution in [1.82, 2.24) is 5.32 Å². The second kappa shape index (κ2) is 8.17. The third-order valence-corrected chi connectivity index (χ3v) is 3.44. The highest BCUT2D eigenvalue weighted by Gasteiger charge is 2.30. The summed E-state index contributed by atoms with van der Waals surface area (Å²) < 4.78 is 37.8. The maximum Gasteiger partial charge on any atom is 0.416 e. The molecule has 1 aromatic rings. The molecule has 1 aromatic carbocycles. The Bertz CT molecular complexity index is 487. The summed E-state index contributed by atoms with van der Waals surface area (Å²) in [6.07, 6.45) is -2.35. The van der Waals surface area contributed by atoms with Gasteiger partial charge in [-0.05, 0) is 43.4 Å². The Morgan fingerprint density at radius 2 is 1.95 bits per heavy atom. The van der Waals surface area contributed by atoms with Crippen molar-refractivity contribution in [2.45, 2.75) is 45.3 Å². The average Bonchev–Trinajstić information content (AvgIpc) is 2.41. The third kappa shape index (κ3) is 6.05. The Hall–Kier alpha value is -1.56. The first-order valence-corrected chi connectivity index (χ1v) is 7.34. The van der Waals surface area contributed by atoms with E-state index in [9.17, 15) is 18.0 Å². The number of benzene rings is 1. The Morgan fingerprint density at radius 1 is 1.27 bits per heavy atom. The van der Waals surface area contributed by atoms with Crippen LogP contribution in [0.2, 0.25) is 0 Å². The molecule has 0 aromatic heterocycles. The normalized spacial score (nSPS) is 13.4. The van der Waals surface area contributed by atoms with Crippen molar-refractivity contribution in [2.24, 2.45) is 5.92 Å². The second-order valence-electron chi connectivity index (χ2n) is 5.67. The molecule has 0 saturated heterocycles. The van der Waals surface area contributed by atoms with Gasteiger partial charge in [-0.1, -0.05) is 32.0 Å². The van der Waals surface area contributed by atoms with Crippen LogP contribution in [-0.2, 0) is 17.4 Å². The number of halogens is 3. The summed E-state index contributed by atoms with van der Waals surface area (Å²) in [5.74, 6) is -0.895. The molecule has 0 saturated carbocycles. The summed E-state index contributed by atoms with van der Waals surface area (Å²) in [5, 5.41) is 12.0. The highest BCUT2D eigenvalue weighted by molar-refractivity contribution is 5.73. The fraction of sp³-hybridized carbons (Fsp3) is 0.562. The Labute approximate surface area is 128 Å². The standard InChI is InChI=1S/C16H22F3NO2/c1-11(2)14(15(21)22)20-9-4-3-6-12-7-5-8-13(10-12)16(17,18)19/h5,7-8,10-11,14,20H,3-4,6,9H2,1-2H3,(H,21,22)/t14-/m0/s1. The van der Waals surface area contributed by atoms with Gasteiger partial charge in [-0.3, -0.25) is 4.79 Å². The van der Waals surface area contributed by atoms with Crippen LogP contribution in [0.15, 0.2) is 24.3 Å². The van der Waals surface area contributed by atoms with Crippen molar-refractivity contribution in [3.05, 3.63) is 35.4 Å². The molecule has 0 bridgehead atoms. The zero-order valence-corrected chi connectivity index (χ0v) is 12.8. The van der Waals surface area contributed by atoms with E-state index in [1.54, 1.807) is 6.07 Å². The second-order valence-corrected chi connectivity index (χ2v) is 5.67. The molecule has 0 radical (unpaired) electrons. The van der Waals surface area contributed by atoms with Gasteiger partial charge in [-0.15, -0.1) is 0 Å². The molecule has 0 aliphatic rings. The van der Waals surface area contributed by atoms with Crippen LogP contribution in [-0.4, -0.2) is 23.7 Å². The molecule has 0 amide bonds. The lowest BCUT2D eigenvalue weighted by atomic mass is 10.0. The van der Waals surface area contributed by atoms with Crippen molar-refractivity contribution in [3.8, 4) is 0 Å². The van der Waals surface area contributed by atoms with Gasteiger partial charge >= 0.3 is 12.1 Å². The van der Waals surface area contributed by atoms with Crippen LogP contribution in [0.1, 0.15) is 37.8 Å². The number of hydrogen-bond donors (Lipinski definition) is 2. The van der Waals surface area contributed by atoms with Crippen LogP contribution >= 0.6 is 0 Å². The van der Waals surface area contributed by atoms with E-state index in [0.29, 0.717) is 31.4 Å². The first-order chi connectivity index (χ1) is 10.2. The highest BCUT2D eigenvalue weighted by atomic mass is 19.4. The van der Waals surface area contributed by atoms with E-state index in [4.69, 9.17) is 5.11 Å². The van der Waals surface area contributed by atoms with Crippen molar-refractivity contribution in [1.29, 1.82) is 0 Å². The zero-order valence-electron chi connectivity index (χ0n) is 12.8. The molecule has 0 heterocycles. The molecular weight excluding hydrogens is 295 g/mol. The van der Waals surface area contributed by atoms with Gasteiger partial charge in [0, 0.05) is 0 Å². The number of carboxylic acids is 1. The van der Waals surface area contributed by atoms with Crippen molar-refractivity contribution in [3.63, 3.8) is 0 Å². The van der Waals surface area contributed by atoms with E-state index in [1.807, 2.05) is 13.8 Å². The predicted molar refractivity (Wildman–Crippen MR) is 78.6 cm³/mol. The van der Waals surface area contributed by atoms with Gasteiger partial charge in [0.1, 0.15) is 6.04 Å². The summed E-state index contributed by atoms with van der Waals surface area (Å²) in [6, 6.07) is 4.73. The highest BCUT2D eigenvalue weighted by Crippen LogP contribution is 2.29. The molecule has 22 heavy (non-hydrogen) atoms. The van der Waals surface area contributed by atoms with Gasteiger partial charge < -0.3 is 10.4 Å². The van der Waals surface area contributed by atoms with Gasteiger partial charge in [0.25, 0.3) is 0 Å². The summed E-state index contributed by atoms with van der Waals surface area (Å²) in [6.45, 7) is 4.19. The van der Waals surface area contributed by atoms with Gasteiger partial charge in [0.15, 0.2) is 0 Å². The quantitative estimate of drug-likeness (QED) is 0.718. The van der Waals surface area contributed by atoms with Crippen LogP contribution in [0.4, 0.5) is 13.2 Å². The maximum atomic E-state index is 12.6. The molecule has 0 unspecified atom stereocenters. The van der Waals surface area contributed by atoms with Gasteiger partial charge in [-0.25, -0.2) is 0 Å².